The van der Waals surface area contributed by atoms with Crippen LogP contribution in [0.25, 0.3) is 22.2 Å². The average Bonchev–Trinajstić information content (AvgIpc) is 2.87. The molecule has 0 aliphatic heterocycles. The van der Waals surface area contributed by atoms with Crippen molar-refractivity contribution in [2.45, 2.75) is 19.9 Å². The number of nitrogens with one attached hydrogen (secondary N) is 1. The third-order valence-electron chi connectivity index (χ3n) is 3.74. The smallest absolute Gasteiger partial charge is 0.279 e. The Balaban J connectivity index is 2.35. The highest BCUT2D eigenvalue weighted by Gasteiger charge is 2.17. The van der Waals surface area contributed by atoms with Gasteiger partial charge in [-0.1, -0.05) is 37.3 Å². The zero-order valence-electron chi connectivity index (χ0n) is 12.7. The summed E-state index contributed by atoms with van der Waals surface area (Å²) in [5.41, 5.74) is 5.67. The second-order valence-corrected chi connectivity index (χ2v) is 5.25. The van der Waals surface area contributed by atoms with E-state index in [-0.39, 0.29) is 5.56 Å². The molecule has 6 heteroatoms. The molecule has 0 aliphatic carbocycles. The first-order valence-electron chi connectivity index (χ1n) is 7.29. The van der Waals surface area contributed by atoms with E-state index in [1.165, 1.54) is 0 Å². The summed E-state index contributed by atoms with van der Waals surface area (Å²) in [6.07, 6.45) is 2.77. The quantitative estimate of drug-likeness (QED) is 0.571. The van der Waals surface area contributed by atoms with Gasteiger partial charge in [-0.05, 0) is 12.0 Å². The third-order valence-corrected chi connectivity index (χ3v) is 3.74. The maximum Gasteiger partial charge on any atom is 0.279 e. The Morgan fingerprint density at radius 2 is 2.00 bits per heavy atom. The summed E-state index contributed by atoms with van der Waals surface area (Å²) in [5.74, 6) is 5.95. The maximum absolute atomic E-state index is 12.8. The van der Waals surface area contributed by atoms with E-state index in [9.17, 15) is 4.79 Å². The van der Waals surface area contributed by atoms with Crippen LogP contribution in [0, 0.1) is 0 Å². The molecule has 2 aromatic heterocycles. The van der Waals surface area contributed by atoms with E-state index < -0.39 is 0 Å². The average molecular weight is 297 g/mol. The lowest BCUT2D eigenvalue weighted by Crippen LogP contribution is -2.28. The van der Waals surface area contributed by atoms with Crippen molar-refractivity contribution in [1.29, 1.82) is 0 Å². The Morgan fingerprint density at radius 1 is 1.27 bits per heavy atom. The van der Waals surface area contributed by atoms with Gasteiger partial charge in [0.25, 0.3) is 5.56 Å². The fourth-order valence-electron chi connectivity index (χ4n) is 2.74. The molecular weight excluding hydrogens is 278 g/mol. The van der Waals surface area contributed by atoms with E-state index in [0.29, 0.717) is 23.5 Å². The second-order valence-electron chi connectivity index (χ2n) is 5.25. The van der Waals surface area contributed by atoms with Gasteiger partial charge in [0, 0.05) is 25.4 Å². The lowest BCUT2D eigenvalue weighted by atomic mass is 10.1. The predicted molar refractivity (Wildman–Crippen MR) is 88.5 cm³/mol. The largest absolute Gasteiger partial charge is 0.344 e. The molecular formula is C16H19N5O. The van der Waals surface area contributed by atoms with Gasteiger partial charge >= 0.3 is 0 Å². The molecule has 22 heavy (non-hydrogen) atoms. The van der Waals surface area contributed by atoms with Crippen LogP contribution in [0.3, 0.4) is 0 Å². The van der Waals surface area contributed by atoms with Gasteiger partial charge in [0.05, 0.1) is 0 Å². The van der Waals surface area contributed by atoms with Crippen molar-refractivity contribution >= 4 is 17.0 Å². The number of hydrogen-bond acceptors (Lipinski definition) is 4. The van der Waals surface area contributed by atoms with Crippen molar-refractivity contribution in [1.82, 2.24) is 14.1 Å². The summed E-state index contributed by atoms with van der Waals surface area (Å²) in [6.45, 7) is 2.59. The van der Waals surface area contributed by atoms with Crippen LogP contribution in [0.15, 0.2) is 41.3 Å². The molecule has 0 unspecified atom stereocenters. The highest BCUT2D eigenvalue weighted by atomic mass is 16.1. The van der Waals surface area contributed by atoms with Crippen molar-refractivity contribution in [3.63, 3.8) is 0 Å². The second kappa shape index (κ2) is 5.65. The number of aromatic nitrogens is 3. The normalized spacial score (nSPS) is 11.0. The Hall–Kier alpha value is -2.60. The number of benzene rings is 1. The van der Waals surface area contributed by atoms with Crippen LogP contribution in [0.1, 0.15) is 13.3 Å². The molecule has 6 nitrogen and oxygen atoms in total. The summed E-state index contributed by atoms with van der Waals surface area (Å²) >= 11 is 0. The third kappa shape index (κ3) is 2.17. The maximum atomic E-state index is 12.8. The first-order valence-corrected chi connectivity index (χ1v) is 7.29. The predicted octanol–water partition coefficient (Wildman–Crippen LogP) is 2.10. The SMILES string of the molecule is CCCn1c(NN)nc2c(-c3ccccc3)cn(C)c2c1=O. The Bertz CT molecular complexity index is 864. The number of hydrazine groups is 1. The topological polar surface area (TPSA) is 77.9 Å². The molecule has 0 saturated heterocycles. The van der Waals surface area contributed by atoms with Crippen LogP contribution in [0.2, 0.25) is 0 Å². The molecule has 0 bridgehead atoms. The van der Waals surface area contributed by atoms with Crippen LogP contribution in [0.4, 0.5) is 5.95 Å². The number of aryl methyl sites for hydroxylation is 1. The van der Waals surface area contributed by atoms with E-state index in [0.717, 1.165) is 17.5 Å². The fraction of sp³-hybridized carbons (Fsp3) is 0.250. The summed E-state index contributed by atoms with van der Waals surface area (Å²) in [6, 6.07) is 9.90. The Labute approximate surface area is 128 Å². The molecule has 0 saturated carbocycles. The highest BCUT2D eigenvalue weighted by molar-refractivity contribution is 5.93. The summed E-state index contributed by atoms with van der Waals surface area (Å²) in [5, 5.41) is 0. The van der Waals surface area contributed by atoms with Gasteiger partial charge in [0.15, 0.2) is 0 Å². The molecule has 2 heterocycles. The van der Waals surface area contributed by atoms with Crippen molar-refractivity contribution in [2.24, 2.45) is 12.9 Å². The van der Waals surface area contributed by atoms with Crippen molar-refractivity contribution in [3.05, 3.63) is 46.9 Å². The monoisotopic (exact) mass is 297 g/mol. The van der Waals surface area contributed by atoms with E-state index in [2.05, 4.69) is 10.4 Å². The first-order chi connectivity index (χ1) is 10.7. The number of nitrogens with two attached hydrogens (primary N) is 1. The molecule has 0 aliphatic rings. The van der Waals surface area contributed by atoms with Crippen LogP contribution >= 0.6 is 0 Å². The lowest BCUT2D eigenvalue weighted by molar-refractivity contribution is 0.651. The van der Waals surface area contributed by atoms with Gasteiger partial charge in [0.2, 0.25) is 5.95 Å². The van der Waals surface area contributed by atoms with Gasteiger partial charge in [-0.2, -0.15) is 0 Å². The van der Waals surface area contributed by atoms with Gasteiger partial charge in [-0.3, -0.25) is 14.8 Å². The number of hydrogen-bond donors (Lipinski definition) is 2. The highest BCUT2D eigenvalue weighted by Crippen LogP contribution is 2.27. The summed E-state index contributed by atoms with van der Waals surface area (Å²) in [4.78, 5) is 17.3. The van der Waals surface area contributed by atoms with Crippen LogP contribution in [-0.4, -0.2) is 14.1 Å². The number of anilines is 1. The molecule has 3 rings (SSSR count). The number of fused-ring (bicyclic) bond motifs is 1. The van der Waals surface area contributed by atoms with Gasteiger partial charge in [-0.25, -0.2) is 10.8 Å². The number of rotatable bonds is 4. The Kier molecular flexibility index (Phi) is 3.68. The van der Waals surface area contributed by atoms with E-state index in [1.54, 1.807) is 4.57 Å². The lowest BCUT2D eigenvalue weighted by Gasteiger charge is -2.11. The molecule has 0 amide bonds. The van der Waals surface area contributed by atoms with Crippen molar-refractivity contribution in [2.75, 3.05) is 5.43 Å². The summed E-state index contributed by atoms with van der Waals surface area (Å²) in [7, 11) is 1.86. The minimum absolute atomic E-state index is 0.0792. The zero-order valence-corrected chi connectivity index (χ0v) is 12.7. The molecule has 0 radical (unpaired) electrons. The molecule has 0 fully saturated rings. The molecule has 114 valence electrons. The standard InChI is InChI=1S/C16H19N5O/c1-3-9-21-15(22)14-13(18-16(21)19-17)12(10-20(14)2)11-7-5-4-6-8-11/h4-8,10H,3,9,17H2,1-2H3,(H,18,19). The van der Waals surface area contributed by atoms with Gasteiger partial charge in [0.1, 0.15) is 11.0 Å². The number of nitrogen functional groups attached to an aromatic ring is 1. The molecule has 0 atom stereocenters. The fourth-order valence-corrected chi connectivity index (χ4v) is 2.74. The minimum atomic E-state index is -0.0792. The van der Waals surface area contributed by atoms with Crippen LogP contribution in [-0.2, 0) is 13.6 Å². The Morgan fingerprint density at radius 3 is 2.64 bits per heavy atom. The van der Waals surface area contributed by atoms with Gasteiger partial charge < -0.3 is 4.57 Å². The van der Waals surface area contributed by atoms with E-state index in [1.807, 2.05) is 55.1 Å². The van der Waals surface area contributed by atoms with E-state index in [4.69, 9.17) is 5.84 Å². The van der Waals surface area contributed by atoms with Crippen molar-refractivity contribution < 1.29 is 0 Å². The van der Waals surface area contributed by atoms with Crippen LogP contribution < -0.4 is 16.8 Å². The molecule has 0 spiro atoms. The van der Waals surface area contributed by atoms with Crippen LogP contribution in [0.5, 0.6) is 0 Å². The molecule has 1 aromatic carbocycles. The van der Waals surface area contributed by atoms with Crippen molar-refractivity contribution in [3.8, 4) is 11.1 Å². The minimum Gasteiger partial charge on any atom is -0.344 e. The zero-order chi connectivity index (χ0) is 15.7. The summed E-state index contributed by atoms with van der Waals surface area (Å²) < 4.78 is 3.41. The molecule has 3 aromatic rings. The van der Waals surface area contributed by atoms with E-state index >= 15 is 0 Å². The number of nitrogens with zero attached hydrogens (tertiary/aromatic N) is 3. The molecule has 3 N–H and O–H groups in total. The van der Waals surface area contributed by atoms with Gasteiger partial charge in [-0.15, -0.1) is 0 Å². The first kappa shape index (κ1) is 14.3.